The summed E-state index contributed by atoms with van der Waals surface area (Å²) in [5.41, 5.74) is 11.9. The fourth-order valence-corrected chi connectivity index (χ4v) is 3.94. The zero-order valence-electron chi connectivity index (χ0n) is 16.3. The predicted molar refractivity (Wildman–Crippen MR) is 106 cm³/mol. The molecular formula is C22H30N2O2. The molecule has 140 valence electrons. The van der Waals surface area contributed by atoms with Crippen LogP contribution in [0.1, 0.15) is 41.6 Å². The molecule has 0 aromatic heterocycles. The summed E-state index contributed by atoms with van der Waals surface area (Å²) in [6.45, 7) is 6.25. The number of rotatable bonds is 6. The number of nitrogens with zero attached hydrogens (tertiary/aromatic N) is 1. The molecule has 4 nitrogen and oxygen atoms in total. The standard InChI is InChI=1S/C22H30N2O2/c1-5-19(23)22-18-13-21(26-4)20(25-3)12-16(18)10-11-24(22)14-17-9-7-6-8-15(17)2/h6-9,12-13,19,22H,5,10-11,14,23H2,1-4H3/t19-,22-/m1/s1. The molecule has 26 heavy (non-hydrogen) atoms. The highest BCUT2D eigenvalue weighted by atomic mass is 16.5. The summed E-state index contributed by atoms with van der Waals surface area (Å²) in [6, 6.07) is 13.1. The molecule has 0 fully saturated rings. The van der Waals surface area contributed by atoms with E-state index in [9.17, 15) is 0 Å². The third-order valence-electron chi connectivity index (χ3n) is 5.54. The van der Waals surface area contributed by atoms with Crippen LogP contribution >= 0.6 is 0 Å². The zero-order chi connectivity index (χ0) is 18.7. The van der Waals surface area contributed by atoms with Crippen LogP contribution in [-0.4, -0.2) is 31.7 Å². The van der Waals surface area contributed by atoms with Gasteiger partial charge in [0, 0.05) is 19.1 Å². The van der Waals surface area contributed by atoms with Crippen molar-refractivity contribution in [3.8, 4) is 11.5 Å². The Morgan fingerprint density at radius 1 is 1.15 bits per heavy atom. The van der Waals surface area contributed by atoms with Gasteiger partial charge in [-0.3, -0.25) is 4.90 Å². The Morgan fingerprint density at radius 3 is 2.50 bits per heavy atom. The zero-order valence-corrected chi connectivity index (χ0v) is 16.3. The van der Waals surface area contributed by atoms with Crippen LogP contribution in [0.15, 0.2) is 36.4 Å². The van der Waals surface area contributed by atoms with Gasteiger partial charge in [-0.15, -0.1) is 0 Å². The smallest absolute Gasteiger partial charge is 0.161 e. The van der Waals surface area contributed by atoms with Crippen LogP contribution in [0.2, 0.25) is 0 Å². The van der Waals surface area contributed by atoms with Crippen LogP contribution in [0.4, 0.5) is 0 Å². The Hall–Kier alpha value is -2.04. The maximum absolute atomic E-state index is 6.59. The molecule has 4 heteroatoms. The molecule has 0 saturated carbocycles. The second-order valence-electron chi connectivity index (χ2n) is 7.07. The van der Waals surface area contributed by atoms with Gasteiger partial charge in [-0.05, 0) is 54.2 Å². The maximum atomic E-state index is 6.59. The summed E-state index contributed by atoms with van der Waals surface area (Å²) in [5, 5.41) is 0. The summed E-state index contributed by atoms with van der Waals surface area (Å²) in [7, 11) is 3.37. The van der Waals surface area contributed by atoms with Gasteiger partial charge in [-0.1, -0.05) is 31.2 Å². The molecule has 0 radical (unpaired) electrons. The molecule has 2 atom stereocenters. The number of ether oxygens (including phenoxy) is 2. The van der Waals surface area contributed by atoms with Gasteiger partial charge in [-0.25, -0.2) is 0 Å². The molecule has 0 spiro atoms. The van der Waals surface area contributed by atoms with Gasteiger partial charge in [0.2, 0.25) is 0 Å². The number of aryl methyl sites for hydroxylation is 1. The highest BCUT2D eigenvalue weighted by Crippen LogP contribution is 2.40. The first-order chi connectivity index (χ1) is 12.6. The fourth-order valence-electron chi connectivity index (χ4n) is 3.94. The molecule has 1 aliphatic heterocycles. The molecule has 0 bridgehead atoms. The molecular weight excluding hydrogens is 324 g/mol. The minimum absolute atomic E-state index is 0.0798. The summed E-state index contributed by atoms with van der Waals surface area (Å²) in [5.74, 6) is 1.57. The van der Waals surface area contributed by atoms with Gasteiger partial charge in [0.05, 0.1) is 20.3 Å². The molecule has 0 unspecified atom stereocenters. The topological polar surface area (TPSA) is 47.7 Å². The number of nitrogens with two attached hydrogens (primary N) is 1. The van der Waals surface area contributed by atoms with E-state index < -0.39 is 0 Å². The van der Waals surface area contributed by atoms with Crippen LogP contribution in [0.3, 0.4) is 0 Å². The van der Waals surface area contributed by atoms with Gasteiger partial charge < -0.3 is 15.2 Å². The normalized spacial score (nSPS) is 18.3. The summed E-state index contributed by atoms with van der Waals surface area (Å²) in [4.78, 5) is 2.52. The lowest BCUT2D eigenvalue weighted by Gasteiger charge is -2.41. The van der Waals surface area contributed by atoms with Crippen molar-refractivity contribution >= 4 is 0 Å². The minimum atomic E-state index is 0.0798. The molecule has 2 N–H and O–H groups in total. The quantitative estimate of drug-likeness (QED) is 0.856. The lowest BCUT2D eigenvalue weighted by Crippen LogP contribution is -2.44. The molecule has 1 heterocycles. The Bertz CT molecular complexity index is 760. The van der Waals surface area contributed by atoms with Gasteiger partial charge in [0.15, 0.2) is 11.5 Å². The van der Waals surface area contributed by atoms with Crippen molar-refractivity contribution in [1.29, 1.82) is 0 Å². The van der Waals surface area contributed by atoms with E-state index in [-0.39, 0.29) is 12.1 Å². The first-order valence-electron chi connectivity index (χ1n) is 9.38. The number of fused-ring (bicyclic) bond motifs is 1. The van der Waals surface area contributed by atoms with Crippen LogP contribution in [0.25, 0.3) is 0 Å². The lowest BCUT2D eigenvalue weighted by molar-refractivity contribution is 0.148. The van der Waals surface area contributed by atoms with E-state index >= 15 is 0 Å². The summed E-state index contributed by atoms with van der Waals surface area (Å²) < 4.78 is 11.0. The van der Waals surface area contributed by atoms with Crippen molar-refractivity contribution in [1.82, 2.24) is 4.90 Å². The predicted octanol–water partition coefficient (Wildman–Crippen LogP) is 3.85. The number of hydrogen-bond acceptors (Lipinski definition) is 4. The first kappa shape index (κ1) is 18.7. The minimum Gasteiger partial charge on any atom is -0.493 e. The van der Waals surface area contributed by atoms with Crippen LogP contribution < -0.4 is 15.2 Å². The van der Waals surface area contributed by atoms with Crippen molar-refractivity contribution in [2.45, 2.75) is 45.3 Å². The van der Waals surface area contributed by atoms with Crippen molar-refractivity contribution in [3.63, 3.8) is 0 Å². The highest BCUT2D eigenvalue weighted by molar-refractivity contribution is 5.50. The van der Waals surface area contributed by atoms with E-state index in [0.29, 0.717) is 0 Å². The van der Waals surface area contributed by atoms with E-state index in [1.807, 2.05) is 0 Å². The maximum Gasteiger partial charge on any atom is 0.161 e. The second kappa shape index (κ2) is 8.11. The average Bonchev–Trinajstić information content (AvgIpc) is 2.67. The molecule has 0 amide bonds. The third-order valence-corrected chi connectivity index (χ3v) is 5.54. The Labute approximate surface area is 156 Å². The number of hydrogen-bond donors (Lipinski definition) is 1. The second-order valence-corrected chi connectivity index (χ2v) is 7.07. The van der Waals surface area contributed by atoms with Crippen LogP contribution in [-0.2, 0) is 13.0 Å². The van der Waals surface area contributed by atoms with Gasteiger partial charge >= 0.3 is 0 Å². The van der Waals surface area contributed by atoms with E-state index in [2.05, 4.69) is 55.1 Å². The van der Waals surface area contributed by atoms with Crippen LogP contribution in [0, 0.1) is 6.92 Å². The van der Waals surface area contributed by atoms with Crippen molar-refractivity contribution in [2.24, 2.45) is 5.73 Å². The van der Waals surface area contributed by atoms with E-state index in [4.69, 9.17) is 15.2 Å². The average molecular weight is 354 g/mol. The molecule has 2 aromatic rings. The Kier molecular flexibility index (Phi) is 5.84. The monoisotopic (exact) mass is 354 g/mol. The van der Waals surface area contributed by atoms with Crippen molar-refractivity contribution in [3.05, 3.63) is 58.7 Å². The summed E-state index contributed by atoms with van der Waals surface area (Å²) >= 11 is 0. The summed E-state index contributed by atoms with van der Waals surface area (Å²) in [6.07, 6.45) is 1.93. The largest absolute Gasteiger partial charge is 0.493 e. The van der Waals surface area contributed by atoms with Crippen LogP contribution in [0.5, 0.6) is 11.5 Å². The first-order valence-corrected chi connectivity index (χ1v) is 9.38. The van der Waals surface area contributed by atoms with Crippen molar-refractivity contribution < 1.29 is 9.47 Å². The SMILES string of the molecule is CC[C@@H](N)[C@H]1c2cc(OC)c(OC)cc2CCN1Cc1ccccc1C. The Morgan fingerprint density at radius 2 is 1.85 bits per heavy atom. The number of benzene rings is 2. The Balaban J connectivity index is 2.00. The third kappa shape index (κ3) is 3.57. The van der Waals surface area contributed by atoms with Gasteiger partial charge in [-0.2, -0.15) is 0 Å². The molecule has 0 aliphatic carbocycles. The number of methoxy groups -OCH3 is 2. The van der Waals surface area contributed by atoms with Gasteiger partial charge in [0.1, 0.15) is 0 Å². The van der Waals surface area contributed by atoms with E-state index in [1.165, 1.54) is 22.3 Å². The molecule has 1 aliphatic rings. The molecule has 3 rings (SSSR count). The molecule has 2 aromatic carbocycles. The van der Waals surface area contributed by atoms with Crippen molar-refractivity contribution in [2.75, 3.05) is 20.8 Å². The van der Waals surface area contributed by atoms with E-state index in [1.54, 1.807) is 14.2 Å². The fraction of sp³-hybridized carbons (Fsp3) is 0.455. The lowest BCUT2D eigenvalue weighted by atomic mass is 9.86. The highest BCUT2D eigenvalue weighted by Gasteiger charge is 2.32. The van der Waals surface area contributed by atoms with Gasteiger partial charge in [0.25, 0.3) is 0 Å². The van der Waals surface area contributed by atoms with E-state index in [0.717, 1.165) is 37.4 Å². The molecule has 0 saturated heterocycles.